The van der Waals surface area contributed by atoms with E-state index in [-0.39, 0.29) is 12.1 Å². The molecule has 0 saturated heterocycles. The molecule has 0 bridgehead atoms. The molecule has 4 heteroatoms. The molecule has 0 fully saturated rings. The van der Waals surface area contributed by atoms with Crippen LogP contribution in [0, 0.1) is 6.92 Å². The van der Waals surface area contributed by atoms with Crippen LogP contribution in [-0.2, 0) is 18.3 Å². The predicted octanol–water partition coefficient (Wildman–Crippen LogP) is 6.88. The van der Waals surface area contributed by atoms with Gasteiger partial charge in [0.05, 0.1) is 4.70 Å². The molecule has 3 heterocycles. The van der Waals surface area contributed by atoms with E-state index in [9.17, 15) is 0 Å². The first kappa shape index (κ1) is 20.9. The van der Waals surface area contributed by atoms with Gasteiger partial charge >= 0.3 is 0 Å². The van der Waals surface area contributed by atoms with Crippen molar-refractivity contribution in [2.75, 3.05) is 0 Å². The van der Waals surface area contributed by atoms with E-state index >= 15 is 0 Å². The van der Waals surface area contributed by atoms with E-state index in [2.05, 4.69) is 82.3 Å². The molecular formula is C32H27BO2S. The van der Waals surface area contributed by atoms with Crippen LogP contribution in [0.25, 0.3) is 20.2 Å². The minimum atomic E-state index is 0.0647. The first-order chi connectivity index (χ1) is 17.4. The zero-order chi connectivity index (χ0) is 24.3. The number of ether oxygens (including phenoxy) is 2. The van der Waals surface area contributed by atoms with E-state index in [1.165, 1.54) is 61.5 Å². The number of hydrogen-bond acceptors (Lipinski definition) is 3. The molecule has 5 aromatic rings. The van der Waals surface area contributed by atoms with Crippen LogP contribution in [0.15, 0.2) is 54.6 Å². The fourth-order valence-corrected chi connectivity index (χ4v) is 7.90. The lowest BCUT2D eigenvalue weighted by Crippen LogP contribution is -2.57. The van der Waals surface area contributed by atoms with Crippen molar-refractivity contribution in [3.63, 3.8) is 0 Å². The topological polar surface area (TPSA) is 18.5 Å². The predicted molar refractivity (Wildman–Crippen MR) is 152 cm³/mol. The Morgan fingerprint density at radius 2 is 1.56 bits per heavy atom. The van der Waals surface area contributed by atoms with Crippen molar-refractivity contribution in [3.05, 3.63) is 76.9 Å². The van der Waals surface area contributed by atoms with Crippen molar-refractivity contribution in [1.82, 2.24) is 0 Å². The second kappa shape index (κ2) is 6.95. The third-order valence-electron chi connectivity index (χ3n) is 8.33. The lowest BCUT2D eigenvalue weighted by Gasteiger charge is -2.34. The van der Waals surface area contributed by atoms with Gasteiger partial charge in [0, 0.05) is 20.9 Å². The SMILES string of the molecule is Cc1cc2c3c(c1)Oc1c(ccc4c1sc1c5c(ccc14)CCC5)B3c1cc(C(C)(C)C)ccc1O2. The first-order valence-electron chi connectivity index (χ1n) is 13.0. The Morgan fingerprint density at radius 3 is 2.39 bits per heavy atom. The summed E-state index contributed by atoms with van der Waals surface area (Å²) < 4.78 is 16.0. The molecule has 2 nitrogen and oxygen atoms in total. The monoisotopic (exact) mass is 486 g/mol. The molecule has 176 valence electrons. The smallest absolute Gasteiger partial charge is 0.260 e. The van der Waals surface area contributed by atoms with Gasteiger partial charge in [-0.15, -0.1) is 11.3 Å². The van der Waals surface area contributed by atoms with Gasteiger partial charge in [0.25, 0.3) is 6.71 Å². The van der Waals surface area contributed by atoms with Gasteiger partial charge in [-0.25, -0.2) is 0 Å². The summed E-state index contributed by atoms with van der Waals surface area (Å²) in [7, 11) is 0. The second-order valence-corrected chi connectivity index (χ2v) is 12.7. The maximum absolute atomic E-state index is 6.81. The van der Waals surface area contributed by atoms with Crippen molar-refractivity contribution < 1.29 is 9.47 Å². The van der Waals surface area contributed by atoms with Gasteiger partial charge in [0.15, 0.2) is 0 Å². The molecule has 0 spiro atoms. The first-order valence-corrected chi connectivity index (χ1v) is 13.8. The molecule has 8 rings (SSSR count). The lowest BCUT2D eigenvalue weighted by atomic mass is 9.34. The van der Waals surface area contributed by atoms with Crippen LogP contribution in [0.2, 0.25) is 0 Å². The fourth-order valence-electron chi connectivity index (χ4n) is 6.51. The van der Waals surface area contributed by atoms with Crippen LogP contribution in [0.1, 0.15) is 49.4 Å². The van der Waals surface area contributed by atoms with Gasteiger partial charge in [-0.1, -0.05) is 57.2 Å². The second-order valence-electron chi connectivity index (χ2n) is 11.7. The summed E-state index contributed by atoms with van der Waals surface area (Å²) in [6.45, 7) is 9.05. The Hall–Kier alpha value is -3.24. The van der Waals surface area contributed by atoms with Gasteiger partial charge in [0.1, 0.15) is 23.0 Å². The summed E-state index contributed by atoms with van der Waals surface area (Å²) in [6.07, 6.45) is 3.66. The molecule has 0 atom stereocenters. The van der Waals surface area contributed by atoms with Crippen molar-refractivity contribution >= 4 is 54.6 Å². The Morgan fingerprint density at radius 1 is 0.778 bits per heavy atom. The van der Waals surface area contributed by atoms with E-state index in [4.69, 9.17) is 9.47 Å². The standard InChI is InChI=1S/C32H27BO2S/c1-17-14-26-28-27(15-17)35-29-23(33(28)24-16-19(32(2,3)4)9-13-25(24)34-26)12-11-22-21-10-8-18-6-5-7-20(18)30(21)36-31(22)29/h8-16H,5-7H2,1-4H3. The van der Waals surface area contributed by atoms with Crippen LogP contribution in [-0.4, -0.2) is 6.71 Å². The fraction of sp³-hybridized carbons (Fsp3) is 0.250. The number of hydrogen-bond donors (Lipinski definition) is 0. The van der Waals surface area contributed by atoms with Crippen molar-refractivity contribution in [2.24, 2.45) is 0 Å². The zero-order valence-electron chi connectivity index (χ0n) is 21.1. The normalized spacial score (nSPS) is 15.3. The van der Waals surface area contributed by atoms with Crippen LogP contribution in [0.5, 0.6) is 23.0 Å². The van der Waals surface area contributed by atoms with Gasteiger partial charge in [0.2, 0.25) is 0 Å². The molecule has 2 aliphatic heterocycles. The Bertz CT molecular complexity index is 1770. The third-order valence-corrected chi connectivity index (χ3v) is 9.61. The molecule has 36 heavy (non-hydrogen) atoms. The number of rotatable bonds is 0. The van der Waals surface area contributed by atoms with Crippen molar-refractivity contribution in [3.8, 4) is 23.0 Å². The van der Waals surface area contributed by atoms with Crippen LogP contribution in [0.4, 0.5) is 0 Å². The molecule has 0 radical (unpaired) electrons. The largest absolute Gasteiger partial charge is 0.458 e. The maximum Gasteiger partial charge on any atom is 0.260 e. The quantitative estimate of drug-likeness (QED) is 0.218. The highest BCUT2D eigenvalue weighted by Gasteiger charge is 2.41. The number of aryl methyl sites for hydroxylation is 3. The minimum absolute atomic E-state index is 0.0647. The summed E-state index contributed by atoms with van der Waals surface area (Å²) in [6, 6.07) is 20.4. The maximum atomic E-state index is 6.81. The number of thiophene rings is 1. The zero-order valence-corrected chi connectivity index (χ0v) is 21.9. The highest BCUT2D eigenvalue weighted by atomic mass is 32.1. The van der Waals surface area contributed by atoms with Gasteiger partial charge in [-0.05, 0) is 83.0 Å². The average Bonchev–Trinajstić information content (AvgIpc) is 3.47. The molecule has 0 saturated carbocycles. The summed E-state index contributed by atoms with van der Waals surface area (Å²) >= 11 is 1.93. The molecular weight excluding hydrogens is 459 g/mol. The minimum Gasteiger partial charge on any atom is -0.458 e. The van der Waals surface area contributed by atoms with E-state index in [1.54, 1.807) is 5.56 Å². The molecule has 0 N–H and O–H groups in total. The molecule has 1 aliphatic carbocycles. The summed E-state index contributed by atoms with van der Waals surface area (Å²) in [5.41, 5.74) is 9.29. The van der Waals surface area contributed by atoms with Crippen LogP contribution < -0.4 is 25.9 Å². The average molecular weight is 486 g/mol. The van der Waals surface area contributed by atoms with Crippen LogP contribution in [0.3, 0.4) is 0 Å². The highest BCUT2D eigenvalue weighted by molar-refractivity contribution is 7.26. The Balaban J connectivity index is 1.44. The van der Waals surface area contributed by atoms with Crippen LogP contribution >= 0.6 is 11.3 Å². The molecule has 0 unspecified atom stereocenters. The number of benzene rings is 4. The molecule has 3 aliphatic rings. The highest BCUT2D eigenvalue weighted by Crippen LogP contribution is 2.46. The van der Waals surface area contributed by atoms with E-state index < -0.39 is 0 Å². The Labute approximate surface area is 216 Å². The van der Waals surface area contributed by atoms with Gasteiger partial charge in [-0.2, -0.15) is 0 Å². The molecule has 0 amide bonds. The van der Waals surface area contributed by atoms with Gasteiger partial charge < -0.3 is 9.47 Å². The molecule has 4 aromatic carbocycles. The summed E-state index contributed by atoms with van der Waals surface area (Å²) in [4.78, 5) is 0. The van der Waals surface area contributed by atoms with E-state index in [1.807, 2.05) is 11.3 Å². The van der Waals surface area contributed by atoms with E-state index in [0.29, 0.717) is 0 Å². The molecule has 1 aromatic heterocycles. The van der Waals surface area contributed by atoms with Crippen molar-refractivity contribution in [1.29, 1.82) is 0 Å². The summed E-state index contributed by atoms with van der Waals surface area (Å²) in [5, 5.41) is 2.69. The summed E-state index contributed by atoms with van der Waals surface area (Å²) in [5.74, 6) is 3.85. The van der Waals surface area contributed by atoms with E-state index in [0.717, 1.165) is 34.0 Å². The van der Waals surface area contributed by atoms with Gasteiger partial charge in [-0.3, -0.25) is 0 Å². The Kier molecular flexibility index (Phi) is 4.04. The number of fused-ring (bicyclic) bond motifs is 10. The van der Waals surface area contributed by atoms with Crippen molar-refractivity contribution in [2.45, 2.75) is 52.4 Å². The lowest BCUT2D eigenvalue weighted by molar-refractivity contribution is 0.466. The third kappa shape index (κ3) is 2.74.